The number of benzene rings is 2. The van der Waals surface area contributed by atoms with Crippen molar-refractivity contribution in [1.29, 1.82) is 0 Å². The van der Waals surface area contributed by atoms with Crippen LogP contribution >= 0.6 is 11.6 Å². The Balaban J connectivity index is 2.30. The van der Waals surface area contributed by atoms with Crippen LogP contribution in [0, 0.1) is 0 Å². The molecule has 1 atom stereocenters. The number of halogens is 1. The molecule has 2 aromatic rings. The summed E-state index contributed by atoms with van der Waals surface area (Å²) in [6, 6.07) is 9.26. The van der Waals surface area contributed by atoms with E-state index in [0.717, 1.165) is 5.56 Å². The highest BCUT2D eigenvalue weighted by atomic mass is 35.5. The summed E-state index contributed by atoms with van der Waals surface area (Å²) in [5.74, 6) is 0.762. The van der Waals surface area contributed by atoms with Crippen LogP contribution in [0.3, 0.4) is 0 Å². The molecule has 0 bridgehead atoms. The Hall–Kier alpha value is -2.29. The molecule has 1 amide bonds. The summed E-state index contributed by atoms with van der Waals surface area (Å²) in [5.41, 5.74) is 0.913. The molecule has 1 unspecified atom stereocenters. The van der Waals surface area contributed by atoms with E-state index in [4.69, 9.17) is 21.1 Å². The average molecular weight is 483 g/mol. The summed E-state index contributed by atoms with van der Waals surface area (Å²) in [7, 11) is -3.71. The fraction of sp³-hybridized carbons (Fsp3) is 0.435. The predicted molar refractivity (Wildman–Crippen MR) is 126 cm³/mol. The highest BCUT2D eigenvalue weighted by Crippen LogP contribution is 2.31. The van der Waals surface area contributed by atoms with Crippen LogP contribution in [-0.2, 0) is 10.0 Å². The first kappa shape index (κ1) is 26.0. The first-order valence-electron chi connectivity index (χ1n) is 10.7. The Morgan fingerprint density at radius 2 is 1.62 bits per heavy atom. The number of nitrogens with one attached hydrogen (secondary N) is 1. The second-order valence-electron chi connectivity index (χ2n) is 7.00. The van der Waals surface area contributed by atoms with Crippen molar-refractivity contribution in [2.24, 2.45) is 0 Å². The zero-order chi connectivity index (χ0) is 23.9. The lowest BCUT2D eigenvalue weighted by molar-refractivity contribution is 0.0939. The number of sulfonamides is 1. The lowest BCUT2D eigenvalue weighted by atomic mass is 10.1. The number of ether oxygens (including phenoxy) is 2. The molecule has 0 spiro atoms. The van der Waals surface area contributed by atoms with Crippen LogP contribution in [0.25, 0.3) is 0 Å². The van der Waals surface area contributed by atoms with Crippen molar-refractivity contribution < 1.29 is 22.7 Å². The highest BCUT2D eigenvalue weighted by Gasteiger charge is 2.24. The van der Waals surface area contributed by atoms with Crippen LogP contribution in [0.5, 0.6) is 11.5 Å². The van der Waals surface area contributed by atoms with Crippen molar-refractivity contribution in [2.45, 2.75) is 45.6 Å². The maximum absolute atomic E-state index is 13.0. The van der Waals surface area contributed by atoms with Crippen LogP contribution in [-0.4, -0.2) is 44.9 Å². The molecule has 0 aliphatic rings. The molecular formula is C23H31ClN2O5S. The standard InChI is InChI=1S/C23H31ClN2O5S/c1-6-26(7-2)32(28,29)18-11-12-20(24)19(15-18)23(27)25-16(5)17-10-13-21(30-8-3)22(14-17)31-9-4/h10-16H,6-9H2,1-5H3,(H,25,27). The topological polar surface area (TPSA) is 84.9 Å². The van der Waals surface area contributed by atoms with E-state index in [-0.39, 0.29) is 21.5 Å². The zero-order valence-corrected chi connectivity index (χ0v) is 20.7. The van der Waals surface area contributed by atoms with Crippen LogP contribution in [0.15, 0.2) is 41.3 Å². The lowest BCUT2D eigenvalue weighted by Crippen LogP contribution is -2.31. The number of nitrogens with zero attached hydrogens (tertiary/aromatic N) is 1. The van der Waals surface area contributed by atoms with E-state index in [0.29, 0.717) is 37.8 Å². The average Bonchev–Trinajstić information content (AvgIpc) is 2.76. The summed E-state index contributed by atoms with van der Waals surface area (Å²) in [6.07, 6.45) is 0. The molecule has 0 heterocycles. The molecule has 9 heteroatoms. The fourth-order valence-corrected chi connectivity index (χ4v) is 4.93. The molecule has 0 saturated carbocycles. The van der Waals surface area contributed by atoms with Crippen molar-refractivity contribution in [3.63, 3.8) is 0 Å². The van der Waals surface area contributed by atoms with Gasteiger partial charge >= 0.3 is 0 Å². The Morgan fingerprint density at radius 3 is 2.22 bits per heavy atom. The van der Waals surface area contributed by atoms with Gasteiger partial charge in [0.2, 0.25) is 10.0 Å². The number of hydrogen-bond acceptors (Lipinski definition) is 5. The minimum atomic E-state index is -3.71. The van der Waals surface area contributed by atoms with Gasteiger partial charge in [-0.1, -0.05) is 31.5 Å². The van der Waals surface area contributed by atoms with Gasteiger partial charge < -0.3 is 14.8 Å². The maximum Gasteiger partial charge on any atom is 0.253 e. The second kappa shape index (κ2) is 11.5. The highest BCUT2D eigenvalue weighted by molar-refractivity contribution is 7.89. The Bertz CT molecular complexity index is 1040. The van der Waals surface area contributed by atoms with Gasteiger partial charge in [0.25, 0.3) is 5.91 Å². The molecule has 0 aliphatic carbocycles. The molecule has 0 aliphatic heterocycles. The van der Waals surface area contributed by atoms with Crippen LogP contribution in [0.2, 0.25) is 5.02 Å². The minimum absolute atomic E-state index is 0.0307. The van der Waals surface area contributed by atoms with Crippen molar-refractivity contribution in [2.75, 3.05) is 26.3 Å². The fourth-order valence-electron chi connectivity index (χ4n) is 3.25. The normalized spacial score (nSPS) is 12.5. The summed E-state index contributed by atoms with van der Waals surface area (Å²) in [4.78, 5) is 13.0. The monoisotopic (exact) mass is 482 g/mol. The first-order valence-corrected chi connectivity index (χ1v) is 12.5. The SMILES string of the molecule is CCOc1ccc(C(C)NC(=O)c2cc(S(=O)(=O)N(CC)CC)ccc2Cl)cc1OCC. The summed E-state index contributed by atoms with van der Waals surface area (Å²) in [6.45, 7) is 10.8. The van der Waals surface area contributed by atoms with E-state index >= 15 is 0 Å². The summed E-state index contributed by atoms with van der Waals surface area (Å²) >= 11 is 6.23. The molecule has 2 rings (SSSR count). The number of amides is 1. The van der Waals surface area contributed by atoms with Crippen molar-refractivity contribution >= 4 is 27.5 Å². The minimum Gasteiger partial charge on any atom is -0.490 e. The molecule has 0 aromatic heterocycles. The molecule has 1 N–H and O–H groups in total. The lowest BCUT2D eigenvalue weighted by Gasteiger charge is -2.20. The molecule has 0 fully saturated rings. The van der Waals surface area contributed by atoms with E-state index in [2.05, 4.69) is 5.32 Å². The van der Waals surface area contributed by atoms with Crippen LogP contribution in [0.1, 0.15) is 56.6 Å². The third-order valence-electron chi connectivity index (χ3n) is 4.94. The van der Waals surface area contributed by atoms with Gasteiger partial charge in [0, 0.05) is 13.1 Å². The van der Waals surface area contributed by atoms with Gasteiger partial charge in [-0.2, -0.15) is 4.31 Å². The largest absolute Gasteiger partial charge is 0.490 e. The molecule has 32 heavy (non-hydrogen) atoms. The number of carbonyl (C=O) groups is 1. The van der Waals surface area contributed by atoms with Crippen molar-refractivity contribution in [3.05, 3.63) is 52.5 Å². The molecular weight excluding hydrogens is 452 g/mol. The van der Waals surface area contributed by atoms with Crippen molar-refractivity contribution in [3.8, 4) is 11.5 Å². The zero-order valence-electron chi connectivity index (χ0n) is 19.1. The van der Waals surface area contributed by atoms with Gasteiger partial charge in [-0.25, -0.2) is 8.42 Å². The molecule has 7 nitrogen and oxygen atoms in total. The maximum atomic E-state index is 13.0. The summed E-state index contributed by atoms with van der Waals surface area (Å²) in [5, 5.41) is 3.06. The van der Waals surface area contributed by atoms with Gasteiger partial charge in [-0.15, -0.1) is 0 Å². The van der Waals surface area contributed by atoms with Gasteiger partial charge in [0.1, 0.15) is 0 Å². The third kappa shape index (κ3) is 5.94. The third-order valence-corrected chi connectivity index (χ3v) is 7.32. The number of rotatable bonds is 11. The smallest absolute Gasteiger partial charge is 0.253 e. The Morgan fingerprint density at radius 1 is 1.00 bits per heavy atom. The van der Waals surface area contributed by atoms with E-state index in [9.17, 15) is 13.2 Å². The second-order valence-corrected chi connectivity index (χ2v) is 9.34. The molecule has 2 aromatic carbocycles. The quantitative estimate of drug-likeness (QED) is 0.503. The molecule has 0 saturated heterocycles. The van der Waals surface area contributed by atoms with Gasteiger partial charge in [0.15, 0.2) is 11.5 Å². The number of hydrogen-bond donors (Lipinski definition) is 1. The molecule has 176 valence electrons. The van der Waals surface area contributed by atoms with Gasteiger partial charge in [-0.05, 0) is 56.7 Å². The molecule has 0 radical (unpaired) electrons. The Labute approximate surface area is 195 Å². The van der Waals surface area contributed by atoms with E-state index in [1.165, 1.54) is 22.5 Å². The first-order chi connectivity index (χ1) is 15.2. The van der Waals surface area contributed by atoms with Gasteiger partial charge in [0.05, 0.1) is 34.7 Å². The van der Waals surface area contributed by atoms with E-state index in [1.807, 2.05) is 32.9 Å². The van der Waals surface area contributed by atoms with Crippen LogP contribution in [0.4, 0.5) is 0 Å². The number of carbonyl (C=O) groups excluding carboxylic acids is 1. The Kier molecular flexibility index (Phi) is 9.36. The van der Waals surface area contributed by atoms with E-state index in [1.54, 1.807) is 19.9 Å². The van der Waals surface area contributed by atoms with Crippen molar-refractivity contribution in [1.82, 2.24) is 9.62 Å². The predicted octanol–water partition coefficient (Wildman–Crippen LogP) is 4.66. The van der Waals surface area contributed by atoms with Crippen LogP contribution < -0.4 is 14.8 Å². The van der Waals surface area contributed by atoms with E-state index < -0.39 is 15.9 Å². The summed E-state index contributed by atoms with van der Waals surface area (Å²) < 4.78 is 38.2. The van der Waals surface area contributed by atoms with Gasteiger partial charge in [-0.3, -0.25) is 4.79 Å².